The number of hydrogen-bond donors (Lipinski definition) is 0. The van der Waals surface area contributed by atoms with E-state index in [4.69, 9.17) is 4.74 Å². The predicted molar refractivity (Wildman–Crippen MR) is 100 cm³/mol. The lowest BCUT2D eigenvalue weighted by atomic mass is 10.2. The van der Waals surface area contributed by atoms with Gasteiger partial charge in [-0.05, 0) is 37.6 Å². The number of nitrogens with zero attached hydrogens (tertiary/aromatic N) is 1. The third kappa shape index (κ3) is 5.39. The smallest absolute Gasteiger partial charge is 0.365 e. The van der Waals surface area contributed by atoms with E-state index in [9.17, 15) is 13.7 Å². The second-order valence-corrected chi connectivity index (χ2v) is 8.37. The van der Waals surface area contributed by atoms with Crippen LogP contribution < -0.4 is 0 Å². The molecule has 1 atom stereocenters. The van der Waals surface area contributed by atoms with E-state index >= 15 is 0 Å². The highest BCUT2D eigenvalue weighted by Crippen LogP contribution is 2.22. The molecule has 2 rings (SSSR count). The quantitative estimate of drug-likeness (QED) is 0.395. The monoisotopic (exact) mass is 425 g/mol. The summed E-state index contributed by atoms with van der Waals surface area (Å²) in [5.74, 6) is -1.13. The average molecular weight is 426 g/mol. The molecule has 2 aromatic carbocycles. The number of hydrogen-bond acceptors (Lipinski definition) is 4. The molecule has 0 bridgehead atoms. The lowest BCUT2D eigenvalue weighted by Crippen LogP contribution is -2.40. The molecule has 0 saturated carbocycles. The Hall–Kier alpha value is -1.70. The van der Waals surface area contributed by atoms with Crippen molar-refractivity contribution in [3.05, 3.63) is 69.9 Å². The molecular weight excluding hydrogens is 409 g/mol. The molecule has 0 fully saturated rings. The Kier molecular flexibility index (Phi) is 6.75. The molecule has 132 valence electrons. The van der Waals surface area contributed by atoms with Gasteiger partial charge in [-0.15, -0.1) is 0 Å². The van der Waals surface area contributed by atoms with Crippen molar-refractivity contribution in [1.29, 1.82) is 0 Å². The number of ether oxygens (including phenoxy) is 1. The van der Waals surface area contributed by atoms with Crippen LogP contribution in [-0.2, 0) is 27.5 Å². The van der Waals surface area contributed by atoms with Gasteiger partial charge in [-0.3, -0.25) is 0 Å². The lowest BCUT2D eigenvalue weighted by Gasteiger charge is -2.21. The topological polar surface area (TPSA) is 61.7 Å². The Morgan fingerprint density at radius 2 is 2.00 bits per heavy atom. The zero-order valence-corrected chi connectivity index (χ0v) is 16.1. The summed E-state index contributed by atoms with van der Waals surface area (Å²) in [6, 6.07) is 13.5. The second-order valence-electron chi connectivity index (χ2n) is 5.72. The van der Waals surface area contributed by atoms with Gasteiger partial charge in [0.05, 0.1) is 6.21 Å². The average Bonchev–Trinajstić information content (AvgIpc) is 2.60. The van der Waals surface area contributed by atoms with Crippen molar-refractivity contribution in [2.75, 3.05) is 0 Å². The minimum absolute atomic E-state index is 0.0876. The van der Waals surface area contributed by atoms with Gasteiger partial charge in [-0.25, -0.2) is 9.18 Å². The van der Waals surface area contributed by atoms with Crippen LogP contribution in [0.4, 0.5) is 4.39 Å². The van der Waals surface area contributed by atoms with Crippen LogP contribution in [0, 0.1) is 5.82 Å². The van der Waals surface area contributed by atoms with Crippen LogP contribution in [0.15, 0.2) is 57.4 Å². The standard InChI is InChI=1S/C18H17BrFNO3S/c1-18(2,17(22)24-12-13-6-4-3-5-7-13)25(23)21-11-14-10-15(19)8-9-16(14)20/h3-11H,12H2,1-2H3/b21-11+/t25-/m1/s1. The SMILES string of the molecule is CC(C)(C(=O)OCc1ccccc1)[S@@+]([O-])/N=C/c1cc(Br)ccc1F. The Morgan fingerprint density at radius 1 is 1.32 bits per heavy atom. The van der Waals surface area contributed by atoms with Crippen molar-refractivity contribution in [2.24, 2.45) is 4.40 Å². The van der Waals surface area contributed by atoms with Crippen LogP contribution in [0.25, 0.3) is 0 Å². The number of esters is 1. The van der Waals surface area contributed by atoms with Crippen LogP contribution in [0.1, 0.15) is 25.0 Å². The summed E-state index contributed by atoms with van der Waals surface area (Å²) < 4.78 is 34.4. The van der Waals surface area contributed by atoms with Gasteiger partial charge >= 0.3 is 5.97 Å². The van der Waals surface area contributed by atoms with Crippen molar-refractivity contribution < 1.29 is 18.5 Å². The summed E-state index contributed by atoms with van der Waals surface area (Å²) in [5, 5.41) is 0. The highest BCUT2D eigenvalue weighted by molar-refractivity contribution is 9.10. The summed E-state index contributed by atoms with van der Waals surface area (Å²) in [6.07, 6.45) is 1.16. The predicted octanol–water partition coefficient (Wildman–Crippen LogP) is 4.19. The first kappa shape index (κ1) is 19.6. The van der Waals surface area contributed by atoms with E-state index in [1.54, 1.807) is 6.07 Å². The van der Waals surface area contributed by atoms with Crippen molar-refractivity contribution in [1.82, 2.24) is 0 Å². The van der Waals surface area contributed by atoms with Crippen LogP contribution in [-0.4, -0.2) is 21.5 Å². The fourth-order valence-corrected chi connectivity index (χ4v) is 2.87. The van der Waals surface area contributed by atoms with E-state index in [0.29, 0.717) is 4.47 Å². The Balaban J connectivity index is 2.03. The number of rotatable bonds is 6. The number of carbonyl (C=O) groups is 1. The molecule has 0 radical (unpaired) electrons. The summed E-state index contributed by atoms with van der Waals surface area (Å²) in [7, 11) is 0. The van der Waals surface area contributed by atoms with E-state index in [0.717, 1.165) is 11.8 Å². The largest absolute Gasteiger partial charge is 0.590 e. The number of carbonyl (C=O) groups excluding carboxylic acids is 1. The van der Waals surface area contributed by atoms with Crippen molar-refractivity contribution >= 4 is 39.5 Å². The van der Waals surface area contributed by atoms with Crippen molar-refractivity contribution in [2.45, 2.75) is 25.2 Å². The Bertz CT molecular complexity index is 768. The molecular formula is C18H17BrFNO3S. The van der Waals surface area contributed by atoms with Gasteiger partial charge in [0, 0.05) is 10.0 Å². The van der Waals surface area contributed by atoms with Crippen molar-refractivity contribution in [3.8, 4) is 0 Å². The molecule has 25 heavy (non-hydrogen) atoms. The molecule has 0 N–H and O–H groups in total. The minimum atomic E-state index is -1.92. The molecule has 0 spiro atoms. The van der Waals surface area contributed by atoms with Crippen LogP contribution >= 0.6 is 15.9 Å². The Labute approximate surface area is 157 Å². The van der Waals surface area contributed by atoms with Gasteiger partial charge < -0.3 is 9.29 Å². The normalized spacial score (nSPS) is 13.0. The van der Waals surface area contributed by atoms with Crippen LogP contribution in [0.2, 0.25) is 0 Å². The summed E-state index contributed by atoms with van der Waals surface area (Å²) >= 11 is 1.31. The van der Waals surface area contributed by atoms with E-state index in [1.807, 2.05) is 30.3 Å². The van der Waals surface area contributed by atoms with Gasteiger partial charge in [0.25, 0.3) is 0 Å². The minimum Gasteiger partial charge on any atom is -0.590 e. The zero-order chi connectivity index (χ0) is 18.4. The van der Waals surface area contributed by atoms with Crippen molar-refractivity contribution in [3.63, 3.8) is 0 Å². The number of benzene rings is 2. The van der Waals surface area contributed by atoms with Gasteiger partial charge in [0.2, 0.25) is 4.75 Å². The second kappa shape index (κ2) is 8.60. The molecule has 0 aliphatic heterocycles. The lowest BCUT2D eigenvalue weighted by molar-refractivity contribution is -0.147. The van der Waals surface area contributed by atoms with Gasteiger partial charge in [-0.2, -0.15) is 0 Å². The maximum absolute atomic E-state index is 13.7. The van der Waals surface area contributed by atoms with Crippen LogP contribution in [0.5, 0.6) is 0 Å². The van der Waals surface area contributed by atoms with E-state index < -0.39 is 27.9 Å². The molecule has 0 unspecified atom stereocenters. The van der Waals surface area contributed by atoms with Gasteiger partial charge in [-0.1, -0.05) is 50.7 Å². The maximum atomic E-state index is 13.7. The molecule has 4 nitrogen and oxygen atoms in total. The molecule has 0 aromatic heterocycles. The molecule has 0 aliphatic rings. The zero-order valence-electron chi connectivity index (χ0n) is 13.7. The van der Waals surface area contributed by atoms with E-state index in [-0.39, 0.29) is 12.2 Å². The molecule has 2 aromatic rings. The third-order valence-corrected chi connectivity index (χ3v) is 5.22. The summed E-state index contributed by atoms with van der Waals surface area (Å²) in [4.78, 5) is 12.2. The van der Waals surface area contributed by atoms with Gasteiger partial charge in [0.1, 0.15) is 23.8 Å². The van der Waals surface area contributed by atoms with Crippen LogP contribution in [0.3, 0.4) is 0 Å². The summed E-state index contributed by atoms with van der Waals surface area (Å²) in [5.41, 5.74) is 1.01. The summed E-state index contributed by atoms with van der Waals surface area (Å²) in [6.45, 7) is 3.04. The first-order valence-corrected chi connectivity index (χ1v) is 9.33. The molecule has 0 saturated heterocycles. The highest BCUT2D eigenvalue weighted by atomic mass is 79.9. The molecule has 0 aliphatic carbocycles. The molecule has 0 heterocycles. The first-order chi connectivity index (χ1) is 11.8. The third-order valence-electron chi connectivity index (χ3n) is 3.39. The van der Waals surface area contributed by atoms with E-state index in [2.05, 4.69) is 20.3 Å². The molecule has 0 amide bonds. The fourth-order valence-electron chi connectivity index (χ4n) is 1.82. The van der Waals surface area contributed by atoms with Gasteiger partial charge in [0.15, 0.2) is 0 Å². The Morgan fingerprint density at radius 3 is 2.68 bits per heavy atom. The highest BCUT2D eigenvalue weighted by Gasteiger charge is 2.43. The maximum Gasteiger partial charge on any atom is 0.365 e. The first-order valence-electron chi connectivity index (χ1n) is 7.43. The number of halogens is 2. The molecule has 7 heteroatoms. The van der Waals surface area contributed by atoms with E-state index in [1.165, 1.54) is 26.0 Å². The fraction of sp³-hybridized carbons (Fsp3) is 0.222.